The molecule has 2 aromatic carbocycles. The monoisotopic (exact) mass is 315 g/mol. The number of likely N-dealkylation sites (tertiary alicyclic amines) is 1. The zero-order valence-corrected chi connectivity index (χ0v) is 13.4. The van der Waals surface area contributed by atoms with E-state index in [1.165, 1.54) is 25.0 Å². The van der Waals surface area contributed by atoms with Crippen LogP contribution in [-0.4, -0.2) is 31.1 Å². The van der Waals surface area contributed by atoms with Crippen LogP contribution in [0.5, 0.6) is 17.2 Å². The lowest BCUT2D eigenvalue weighted by molar-refractivity contribution is 0.228. The third kappa shape index (κ3) is 4.23. The molecule has 0 bridgehead atoms. The fourth-order valence-electron chi connectivity index (χ4n) is 2.94. The van der Waals surface area contributed by atoms with Gasteiger partial charge in [-0.25, -0.2) is 4.39 Å². The second kappa shape index (κ2) is 7.47. The molecule has 0 spiro atoms. The Morgan fingerprint density at radius 3 is 2.70 bits per heavy atom. The molecule has 0 aromatic heterocycles. The number of halogens is 1. The smallest absolute Gasteiger partial charge is 0.169 e. The van der Waals surface area contributed by atoms with Crippen LogP contribution in [-0.2, 0) is 0 Å². The zero-order chi connectivity index (χ0) is 16.1. The summed E-state index contributed by atoms with van der Waals surface area (Å²) in [6.07, 6.45) is 3.39. The van der Waals surface area contributed by atoms with E-state index in [1.807, 2.05) is 30.3 Å². The highest BCUT2D eigenvalue weighted by Crippen LogP contribution is 2.32. The van der Waals surface area contributed by atoms with Gasteiger partial charge in [-0.15, -0.1) is 0 Å². The molecule has 0 radical (unpaired) electrons. The van der Waals surface area contributed by atoms with Gasteiger partial charge in [0.1, 0.15) is 11.6 Å². The molecule has 0 saturated carbocycles. The average molecular weight is 315 g/mol. The van der Waals surface area contributed by atoms with Gasteiger partial charge in [0.25, 0.3) is 0 Å². The van der Waals surface area contributed by atoms with Crippen LogP contribution in [0.4, 0.5) is 4.39 Å². The molecule has 1 fully saturated rings. The van der Waals surface area contributed by atoms with Crippen LogP contribution in [0, 0.1) is 5.82 Å². The predicted octanol–water partition coefficient (Wildman–Crippen LogP) is 4.48. The summed E-state index contributed by atoms with van der Waals surface area (Å²) in [7, 11) is 2.14. The van der Waals surface area contributed by atoms with Crippen LogP contribution in [0.15, 0.2) is 48.5 Å². The third-order valence-electron chi connectivity index (χ3n) is 4.26. The summed E-state index contributed by atoms with van der Waals surface area (Å²) < 4.78 is 25.1. The summed E-state index contributed by atoms with van der Waals surface area (Å²) in [4.78, 5) is 2.36. The Morgan fingerprint density at radius 1 is 1.13 bits per heavy atom. The van der Waals surface area contributed by atoms with E-state index in [4.69, 9.17) is 9.47 Å². The zero-order valence-electron chi connectivity index (χ0n) is 13.4. The average Bonchev–Trinajstić information content (AvgIpc) is 2.96. The Hall–Kier alpha value is -2.07. The largest absolute Gasteiger partial charge is 0.490 e. The van der Waals surface area contributed by atoms with Crippen molar-refractivity contribution in [3.05, 3.63) is 54.3 Å². The first-order valence-electron chi connectivity index (χ1n) is 8.08. The van der Waals surface area contributed by atoms with Crippen molar-refractivity contribution in [3.8, 4) is 17.2 Å². The number of rotatable bonds is 6. The number of hydrogen-bond acceptors (Lipinski definition) is 3. The molecule has 3 rings (SSSR count). The highest BCUT2D eigenvalue weighted by Gasteiger charge is 2.20. The second-order valence-corrected chi connectivity index (χ2v) is 5.92. The molecule has 4 heteroatoms. The number of ether oxygens (including phenoxy) is 2. The predicted molar refractivity (Wildman–Crippen MR) is 88.7 cm³/mol. The van der Waals surface area contributed by atoms with E-state index in [9.17, 15) is 4.39 Å². The van der Waals surface area contributed by atoms with E-state index in [0.717, 1.165) is 13.0 Å². The topological polar surface area (TPSA) is 21.7 Å². The molecule has 23 heavy (non-hydrogen) atoms. The lowest BCUT2D eigenvalue weighted by Gasteiger charge is -2.20. The first kappa shape index (κ1) is 15.8. The minimum absolute atomic E-state index is 0.321. The van der Waals surface area contributed by atoms with E-state index >= 15 is 0 Å². The molecule has 3 nitrogen and oxygen atoms in total. The van der Waals surface area contributed by atoms with Gasteiger partial charge in [-0.2, -0.15) is 0 Å². The third-order valence-corrected chi connectivity index (χ3v) is 4.26. The minimum Gasteiger partial charge on any atom is -0.490 e. The summed E-state index contributed by atoms with van der Waals surface area (Å²) >= 11 is 0. The van der Waals surface area contributed by atoms with Gasteiger partial charge in [0.15, 0.2) is 11.5 Å². The molecule has 122 valence electrons. The van der Waals surface area contributed by atoms with Crippen molar-refractivity contribution in [3.63, 3.8) is 0 Å². The van der Waals surface area contributed by atoms with Crippen LogP contribution >= 0.6 is 0 Å². The van der Waals surface area contributed by atoms with Crippen molar-refractivity contribution in [1.29, 1.82) is 0 Å². The Morgan fingerprint density at radius 2 is 1.96 bits per heavy atom. The van der Waals surface area contributed by atoms with Crippen LogP contribution in [0.1, 0.15) is 19.3 Å². The standard InChI is InChI=1S/C19H22FNO2/c1-21-12-5-6-16(21)11-13-22-19-14-15(20)9-10-18(19)23-17-7-3-2-4-8-17/h2-4,7-10,14,16H,5-6,11-13H2,1H3/t16-/m0/s1. The molecule has 1 heterocycles. The Labute approximate surface area is 136 Å². The van der Waals surface area contributed by atoms with Crippen LogP contribution in [0.3, 0.4) is 0 Å². The van der Waals surface area contributed by atoms with Gasteiger partial charge >= 0.3 is 0 Å². The molecule has 0 N–H and O–H groups in total. The van der Waals surface area contributed by atoms with Crippen molar-refractivity contribution < 1.29 is 13.9 Å². The lowest BCUT2D eigenvalue weighted by Crippen LogP contribution is -2.26. The summed E-state index contributed by atoms with van der Waals surface area (Å²) in [5, 5.41) is 0. The molecule has 2 aromatic rings. The van der Waals surface area contributed by atoms with Crippen molar-refractivity contribution in [2.45, 2.75) is 25.3 Å². The number of nitrogens with zero attached hydrogens (tertiary/aromatic N) is 1. The van der Waals surface area contributed by atoms with Crippen molar-refractivity contribution in [2.24, 2.45) is 0 Å². The fourth-order valence-corrected chi connectivity index (χ4v) is 2.94. The summed E-state index contributed by atoms with van der Waals surface area (Å²) in [6, 6.07) is 14.4. The normalized spacial score (nSPS) is 18.1. The van der Waals surface area contributed by atoms with Crippen LogP contribution in [0.2, 0.25) is 0 Å². The summed E-state index contributed by atoms with van der Waals surface area (Å²) in [6.45, 7) is 1.70. The quantitative estimate of drug-likeness (QED) is 0.784. The van der Waals surface area contributed by atoms with Crippen molar-refractivity contribution in [1.82, 2.24) is 4.90 Å². The highest BCUT2D eigenvalue weighted by molar-refractivity contribution is 5.43. The van der Waals surface area contributed by atoms with Gasteiger partial charge in [0, 0.05) is 12.1 Å². The van der Waals surface area contributed by atoms with Gasteiger partial charge < -0.3 is 14.4 Å². The number of hydrogen-bond donors (Lipinski definition) is 0. The minimum atomic E-state index is -0.321. The maximum absolute atomic E-state index is 13.5. The summed E-state index contributed by atoms with van der Waals surface area (Å²) in [5.41, 5.74) is 0. The molecule has 1 saturated heterocycles. The molecule has 1 aliphatic rings. The van der Waals surface area contributed by atoms with E-state index in [-0.39, 0.29) is 5.82 Å². The molecular formula is C19H22FNO2. The molecule has 0 unspecified atom stereocenters. The molecule has 0 aliphatic carbocycles. The van der Waals surface area contributed by atoms with Gasteiger partial charge in [-0.1, -0.05) is 18.2 Å². The van der Waals surface area contributed by atoms with E-state index in [1.54, 1.807) is 6.07 Å². The van der Waals surface area contributed by atoms with Gasteiger partial charge in [-0.3, -0.25) is 0 Å². The number of para-hydroxylation sites is 1. The first-order valence-corrected chi connectivity index (χ1v) is 8.08. The van der Waals surface area contributed by atoms with Gasteiger partial charge in [-0.05, 0) is 57.1 Å². The first-order chi connectivity index (χ1) is 11.2. The van der Waals surface area contributed by atoms with Gasteiger partial charge in [0.05, 0.1) is 6.61 Å². The molecule has 1 atom stereocenters. The van der Waals surface area contributed by atoms with E-state index in [2.05, 4.69) is 11.9 Å². The Balaban J connectivity index is 1.64. The van der Waals surface area contributed by atoms with Crippen molar-refractivity contribution in [2.75, 3.05) is 20.2 Å². The van der Waals surface area contributed by atoms with Crippen molar-refractivity contribution >= 4 is 0 Å². The molecule has 1 aliphatic heterocycles. The van der Waals surface area contributed by atoms with E-state index in [0.29, 0.717) is 29.9 Å². The van der Waals surface area contributed by atoms with Crippen LogP contribution in [0.25, 0.3) is 0 Å². The fraction of sp³-hybridized carbons (Fsp3) is 0.368. The maximum atomic E-state index is 13.5. The summed E-state index contributed by atoms with van der Waals surface area (Å²) in [5.74, 6) is 1.38. The Bertz CT molecular complexity index is 633. The Kier molecular flexibility index (Phi) is 5.13. The molecule has 0 amide bonds. The maximum Gasteiger partial charge on any atom is 0.169 e. The highest BCUT2D eigenvalue weighted by atomic mass is 19.1. The van der Waals surface area contributed by atoms with Crippen LogP contribution < -0.4 is 9.47 Å². The second-order valence-electron chi connectivity index (χ2n) is 5.92. The lowest BCUT2D eigenvalue weighted by atomic mass is 10.1. The number of benzene rings is 2. The van der Waals surface area contributed by atoms with E-state index < -0.39 is 0 Å². The van der Waals surface area contributed by atoms with Gasteiger partial charge in [0.2, 0.25) is 0 Å². The molecular weight excluding hydrogens is 293 g/mol. The SMILES string of the molecule is CN1CCC[C@H]1CCOc1cc(F)ccc1Oc1ccccc1.